The van der Waals surface area contributed by atoms with E-state index >= 15 is 0 Å². The Kier molecular flexibility index (Phi) is 5.17. The van der Waals surface area contributed by atoms with Gasteiger partial charge in [-0.3, -0.25) is 9.78 Å². The van der Waals surface area contributed by atoms with Crippen LogP contribution in [0.1, 0.15) is 15.9 Å². The lowest BCUT2D eigenvalue weighted by Crippen LogP contribution is -2.28. The summed E-state index contributed by atoms with van der Waals surface area (Å²) >= 11 is 0. The molecule has 0 aliphatic carbocycles. The van der Waals surface area contributed by atoms with Crippen LogP contribution in [0.2, 0.25) is 0 Å². The summed E-state index contributed by atoms with van der Waals surface area (Å²) in [5.74, 6) is 0.785. The van der Waals surface area contributed by atoms with Crippen LogP contribution in [-0.4, -0.2) is 27.4 Å². The molecule has 0 radical (unpaired) electrons. The van der Waals surface area contributed by atoms with Crippen LogP contribution in [0.4, 0.5) is 21.7 Å². The molecule has 1 amide bonds. The molecule has 2 aromatic heterocycles. The molecule has 1 N–H and O–H groups in total. The molecule has 32 heavy (non-hydrogen) atoms. The van der Waals surface area contributed by atoms with Crippen LogP contribution < -0.4 is 15.0 Å². The fourth-order valence-corrected chi connectivity index (χ4v) is 3.55. The Bertz CT molecular complexity index is 1270. The van der Waals surface area contributed by atoms with E-state index in [1.807, 2.05) is 18.2 Å². The number of ether oxygens (including phenoxy) is 1. The highest BCUT2D eigenvalue weighted by Crippen LogP contribution is 2.32. The first-order valence-electron chi connectivity index (χ1n) is 10.0. The summed E-state index contributed by atoms with van der Waals surface area (Å²) in [6, 6.07) is 16.6. The van der Waals surface area contributed by atoms with Crippen molar-refractivity contribution < 1.29 is 13.9 Å². The molecular formula is C24H18FN5O2. The number of fused-ring (bicyclic) bond motifs is 1. The Hall–Kier alpha value is -4.33. The number of rotatable bonds is 5. The first-order chi connectivity index (χ1) is 15.7. The fraction of sp³-hybridized carbons (Fsp3) is 0.0833. The highest BCUT2D eigenvalue weighted by atomic mass is 19.1. The number of hydrogen-bond acceptors (Lipinski definition) is 6. The number of carbonyl (C=O) groups excluding carboxylic acids is 1. The lowest BCUT2D eigenvalue weighted by atomic mass is 10.1. The molecule has 3 heterocycles. The number of nitrogens with zero attached hydrogens (tertiary/aromatic N) is 4. The summed E-state index contributed by atoms with van der Waals surface area (Å²) < 4.78 is 18.7. The van der Waals surface area contributed by atoms with Crippen molar-refractivity contribution in [1.82, 2.24) is 15.0 Å². The van der Waals surface area contributed by atoms with Gasteiger partial charge in [-0.2, -0.15) is 4.98 Å². The average Bonchev–Trinajstić information content (AvgIpc) is 3.24. The number of aromatic nitrogens is 3. The second kappa shape index (κ2) is 8.43. The molecule has 1 aliphatic heterocycles. The molecule has 0 unspecified atom stereocenters. The molecule has 0 fully saturated rings. The van der Waals surface area contributed by atoms with Gasteiger partial charge in [-0.15, -0.1) is 0 Å². The Morgan fingerprint density at radius 1 is 1.06 bits per heavy atom. The van der Waals surface area contributed by atoms with Crippen molar-refractivity contribution in [2.24, 2.45) is 0 Å². The maximum atomic E-state index is 13.1. The van der Waals surface area contributed by atoms with Crippen molar-refractivity contribution in [3.05, 3.63) is 96.2 Å². The van der Waals surface area contributed by atoms with E-state index in [9.17, 15) is 9.18 Å². The van der Waals surface area contributed by atoms with Gasteiger partial charge in [0.1, 0.15) is 11.6 Å². The smallest absolute Gasteiger partial charge is 0.259 e. The molecule has 2 aromatic carbocycles. The molecule has 0 bridgehead atoms. The van der Waals surface area contributed by atoms with Gasteiger partial charge in [0.05, 0.1) is 5.56 Å². The van der Waals surface area contributed by atoms with Crippen LogP contribution >= 0.6 is 0 Å². The average molecular weight is 427 g/mol. The summed E-state index contributed by atoms with van der Waals surface area (Å²) in [4.78, 5) is 27.2. The van der Waals surface area contributed by atoms with Crippen molar-refractivity contribution in [1.29, 1.82) is 0 Å². The minimum Gasteiger partial charge on any atom is -0.439 e. The van der Waals surface area contributed by atoms with Crippen molar-refractivity contribution >= 4 is 23.2 Å². The third-order valence-corrected chi connectivity index (χ3v) is 5.05. The maximum Gasteiger partial charge on any atom is 0.259 e. The summed E-state index contributed by atoms with van der Waals surface area (Å²) in [7, 11) is 0. The normalized spacial score (nSPS) is 12.3. The zero-order chi connectivity index (χ0) is 21.9. The third kappa shape index (κ3) is 4.11. The Balaban J connectivity index is 1.31. The van der Waals surface area contributed by atoms with Gasteiger partial charge in [-0.25, -0.2) is 9.37 Å². The Morgan fingerprint density at radius 3 is 2.75 bits per heavy atom. The Labute approximate surface area is 183 Å². The Morgan fingerprint density at radius 2 is 1.94 bits per heavy atom. The zero-order valence-corrected chi connectivity index (χ0v) is 16.9. The second-order valence-corrected chi connectivity index (χ2v) is 7.19. The predicted molar refractivity (Wildman–Crippen MR) is 118 cm³/mol. The first-order valence-corrected chi connectivity index (χ1v) is 10.0. The molecule has 1 aliphatic rings. The fourth-order valence-electron chi connectivity index (χ4n) is 3.55. The lowest BCUT2D eigenvalue weighted by Gasteiger charge is -2.17. The topological polar surface area (TPSA) is 80.2 Å². The van der Waals surface area contributed by atoms with E-state index in [2.05, 4.69) is 20.3 Å². The molecule has 7 nitrogen and oxygen atoms in total. The van der Waals surface area contributed by atoms with Crippen LogP contribution in [0.3, 0.4) is 0 Å². The molecule has 158 valence electrons. The van der Waals surface area contributed by atoms with Gasteiger partial charge in [-0.1, -0.05) is 0 Å². The molecule has 0 saturated heterocycles. The van der Waals surface area contributed by atoms with E-state index in [1.54, 1.807) is 41.7 Å². The monoisotopic (exact) mass is 427 g/mol. The zero-order valence-electron chi connectivity index (χ0n) is 16.9. The van der Waals surface area contributed by atoms with Crippen LogP contribution in [0, 0.1) is 5.82 Å². The summed E-state index contributed by atoms with van der Waals surface area (Å²) in [5, 5.41) is 3.17. The molecular weight excluding hydrogens is 409 g/mol. The molecule has 8 heteroatoms. The van der Waals surface area contributed by atoms with E-state index in [0.717, 1.165) is 23.4 Å². The van der Waals surface area contributed by atoms with Gasteiger partial charge in [0.15, 0.2) is 0 Å². The first kappa shape index (κ1) is 19.6. The van der Waals surface area contributed by atoms with E-state index in [0.29, 0.717) is 29.7 Å². The summed E-state index contributed by atoms with van der Waals surface area (Å²) in [6.07, 6.45) is 5.56. The van der Waals surface area contributed by atoms with Gasteiger partial charge in [0.25, 0.3) is 5.91 Å². The van der Waals surface area contributed by atoms with Gasteiger partial charge in [0, 0.05) is 42.6 Å². The van der Waals surface area contributed by atoms with Crippen molar-refractivity contribution in [3.8, 4) is 11.6 Å². The van der Waals surface area contributed by atoms with E-state index in [4.69, 9.17) is 4.74 Å². The minimum absolute atomic E-state index is 0.0634. The van der Waals surface area contributed by atoms with Crippen molar-refractivity contribution in [3.63, 3.8) is 0 Å². The number of nitrogens with one attached hydrogen (secondary N) is 1. The van der Waals surface area contributed by atoms with Crippen LogP contribution in [-0.2, 0) is 6.42 Å². The number of halogens is 1. The van der Waals surface area contributed by atoms with Gasteiger partial charge >= 0.3 is 0 Å². The SMILES string of the molecule is O=C(c1cccnc1)N1CCc2cc(Nc3nccc(Oc4ccc(F)cc4)n3)ccc21. The predicted octanol–water partition coefficient (Wildman–Crippen LogP) is 4.75. The van der Waals surface area contributed by atoms with Crippen LogP contribution in [0.25, 0.3) is 0 Å². The van der Waals surface area contributed by atoms with Crippen LogP contribution in [0.15, 0.2) is 79.3 Å². The molecule has 0 spiro atoms. The summed E-state index contributed by atoms with van der Waals surface area (Å²) in [6.45, 7) is 0.615. The molecule has 0 atom stereocenters. The lowest BCUT2D eigenvalue weighted by molar-refractivity contribution is 0.0989. The number of anilines is 3. The van der Waals surface area contributed by atoms with Gasteiger partial charge in [0.2, 0.25) is 11.8 Å². The molecule has 5 rings (SSSR count). The standard InChI is InChI=1S/C24H18FN5O2/c25-18-3-6-20(7-4-18)32-22-9-12-27-24(29-22)28-19-5-8-21-16(14-19)10-13-30(21)23(31)17-2-1-11-26-15-17/h1-9,11-12,14-15H,10,13H2,(H,27,28,29). The molecule has 4 aromatic rings. The number of carbonyl (C=O) groups is 1. The van der Waals surface area contributed by atoms with E-state index in [1.165, 1.54) is 24.3 Å². The summed E-state index contributed by atoms with van der Waals surface area (Å²) in [5.41, 5.74) is 3.32. The van der Waals surface area contributed by atoms with Crippen LogP contribution in [0.5, 0.6) is 11.6 Å². The number of hydrogen-bond donors (Lipinski definition) is 1. The van der Waals surface area contributed by atoms with Gasteiger partial charge < -0.3 is 15.0 Å². The maximum absolute atomic E-state index is 13.1. The number of pyridine rings is 1. The third-order valence-electron chi connectivity index (χ3n) is 5.05. The quantitative estimate of drug-likeness (QED) is 0.495. The number of benzene rings is 2. The van der Waals surface area contributed by atoms with Crippen molar-refractivity contribution in [2.75, 3.05) is 16.8 Å². The minimum atomic E-state index is -0.334. The highest BCUT2D eigenvalue weighted by molar-refractivity contribution is 6.07. The van der Waals surface area contributed by atoms with Crippen molar-refractivity contribution in [2.45, 2.75) is 6.42 Å². The molecule has 0 saturated carbocycles. The van der Waals surface area contributed by atoms with Gasteiger partial charge in [-0.05, 0) is 66.6 Å². The highest BCUT2D eigenvalue weighted by Gasteiger charge is 2.25. The van der Waals surface area contributed by atoms with E-state index < -0.39 is 0 Å². The number of amides is 1. The largest absolute Gasteiger partial charge is 0.439 e. The second-order valence-electron chi connectivity index (χ2n) is 7.19. The van der Waals surface area contributed by atoms with E-state index in [-0.39, 0.29) is 11.7 Å².